The second-order valence-corrected chi connectivity index (χ2v) is 6.46. The van der Waals surface area contributed by atoms with Crippen molar-refractivity contribution in [3.63, 3.8) is 0 Å². The van der Waals surface area contributed by atoms with Gasteiger partial charge in [-0.1, -0.05) is 19.1 Å². The number of nitrogens with one attached hydrogen (secondary N) is 1. The number of rotatable bonds is 2. The monoisotopic (exact) mass is 320 g/mol. The van der Waals surface area contributed by atoms with Crippen molar-refractivity contribution in [2.45, 2.75) is 25.8 Å². The van der Waals surface area contributed by atoms with Crippen molar-refractivity contribution < 1.29 is 4.39 Å². The lowest BCUT2D eigenvalue weighted by Crippen LogP contribution is -2.41. The zero-order valence-corrected chi connectivity index (χ0v) is 13.4. The van der Waals surface area contributed by atoms with Gasteiger partial charge in [0.25, 0.3) is 0 Å². The van der Waals surface area contributed by atoms with Gasteiger partial charge in [-0.3, -0.25) is 0 Å². The van der Waals surface area contributed by atoms with Crippen LogP contribution in [0.25, 0.3) is 0 Å². The molecule has 0 radical (unpaired) electrons. The molecule has 0 saturated carbocycles. The highest BCUT2D eigenvalue weighted by Gasteiger charge is 2.28. The van der Waals surface area contributed by atoms with E-state index in [1.807, 2.05) is 11.3 Å². The zero-order chi connectivity index (χ0) is 14.8. The molecule has 21 heavy (non-hydrogen) atoms. The highest BCUT2D eigenvalue weighted by molar-refractivity contribution is 7.80. The molecule has 1 aliphatic rings. The van der Waals surface area contributed by atoms with E-state index in [1.54, 1.807) is 18.2 Å². The molecule has 1 aliphatic heterocycles. The van der Waals surface area contributed by atoms with Gasteiger partial charge in [0.2, 0.25) is 0 Å². The van der Waals surface area contributed by atoms with Crippen molar-refractivity contribution in [2.75, 3.05) is 11.9 Å². The van der Waals surface area contributed by atoms with E-state index in [9.17, 15) is 4.39 Å². The number of hydrogen-bond acceptors (Lipinski definition) is 2. The third-order valence-electron chi connectivity index (χ3n) is 3.86. The van der Waals surface area contributed by atoms with E-state index < -0.39 is 0 Å². The highest BCUT2D eigenvalue weighted by atomic mass is 32.1. The molecule has 0 amide bonds. The summed E-state index contributed by atoms with van der Waals surface area (Å²) in [5.74, 6) is -0.277. The third kappa shape index (κ3) is 2.80. The molecule has 1 atom stereocenters. The van der Waals surface area contributed by atoms with Crippen LogP contribution in [0, 0.1) is 5.82 Å². The van der Waals surface area contributed by atoms with E-state index in [2.05, 4.69) is 28.6 Å². The number of para-hydroxylation sites is 1. The molecule has 2 heterocycles. The van der Waals surface area contributed by atoms with Gasteiger partial charge in [-0.15, -0.1) is 11.3 Å². The number of benzene rings is 1. The number of fused-ring (bicyclic) bond motifs is 1. The van der Waals surface area contributed by atoms with Gasteiger partial charge in [0, 0.05) is 11.4 Å². The zero-order valence-electron chi connectivity index (χ0n) is 11.8. The summed E-state index contributed by atoms with van der Waals surface area (Å²) in [5, 5.41) is 5.80. The number of hydrogen-bond donors (Lipinski definition) is 1. The first-order valence-electron chi connectivity index (χ1n) is 7.09. The van der Waals surface area contributed by atoms with Crippen LogP contribution in [0.3, 0.4) is 0 Å². The molecule has 2 aromatic rings. The second-order valence-electron chi connectivity index (χ2n) is 5.08. The van der Waals surface area contributed by atoms with E-state index in [0.29, 0.717) is 10.8 Å². The summed E-state index contributed by atoms with van der Waals surface area (Å²) in [5.41, 5.74) is 1.81. The first kappa shape index (κ1) is 14.5. The fourth-order valence-corrected chi connectivity index (χ4v) is 4.09. The van der Waals surface area contributed by atoms with Crippen molar-refractivity contribution in [1.29, 1.82) is 0 Å². The minimum Gasteiger partial charge on any atom is -0.342 e. The Morgan fingerprint density at radius 3 is 3.00 bits per heavy atom. The van der Waals surface area contributed by atoms with E-state index in [1.165, 1.54) is 16.5 Å². The van der Waals surface area contributed by atoms with Crippen LogP contribution in [0.1, 0.15) is 29.8 Å². The summed E-state index contributed by atoms with van der Waals surface area (Å²) in [6.45, 7) is 3.04. The van der Waals surface area contributed by atoms with Gasteiger partial charge < -0.3 is 10.2 Å². The second kappa shape index (κ2) is 6.12. The molecule has 0 unspecified atom stereocenters. The van der Waals surface area contributed by atoms with Crippen LogP contribution in [0.2, 0.25) is 0 Å². The Morgan fingerprint density at radius 2 is 2.24 bits per heavy atom. The van der Waals surface area contributed by atoms with Crippen LogP contribution < -0.4 is 5.32 Å². The van der Waals surface area contributed by atoms with Gasteiger partial charge in [0.1, 0.15) is 5.82 Å². The van der Waals surface area contributed by atoms with Gasteiger partial charge in [-0.05, 0) is 54.2 Å². The van der Waals surface area contributed by atoms with Crippen LogP contribution >= 0.6 is 23.6 Å². The Balaban J connectivity index is 1.80. The summed E-state index contributed by atoms with van der Waals surface area (Å²) in [7, 11) is 0. The van der Waals surface area contributed by atoms with Crippen LogP contribution in [-0.4, -0.2) is 16.6 Å². The molecule has 2 nitrogen and oxygen atoms in total. The summed E-state index contributed by atoms with van der Waals surface area (Å²) in [4.78, 5) is 3.63. The highest BCUT2D eigenvalue weighted by Crippen LogP contribution is 2.35. The van der Waals surface area contributed by atoms with Crippen molar-refractivity contribution in [2.24, 2.45) is 0 Å². The lowest BCUT2D eigenvalue weighted by molar-refractivity contribution is 0.298. The van der Waals surface area contributed by atoms with Gasteiger partial charge >= 0.3 is 0 Å². The number of halogens is 1. The molecule has 1 aromatic heterocycles. The van der Waals surface area contributed by atoms with E-state index in [0.717, 1.165) is 19.4 Å². The Labute approximate surface area is 133 Å². The predicted molar refractivity (Wildman–Crippen MR) is 90.4 cm³/mol. The predicted octanol–water partition coefficient (Wildman–Crippen LogP) is 4.59. The number of anilines is 1. The summed E-state index contributed by atoms with van der Waals surface area (Å²) >= 11 is 7.33. The minimum absolute atomic E-state index is 0.277. The molecular formula is C16H17FN2S2. The van der Waals surface area contributed by atoms with Crippen molar-refractivity contribution >= 4 is 34.4 Å². The van der Waals surface area contributed by atoms with Crippen molar-refractivity contribution in [3.8, 4) is 0 Å². The molecule has 0 fully saturated rings. The minimum atomic E-state index is -0.277. The molecular weight excluding hydrogens is 303 g/mol. The van der Waals surface area contributed by atoms with Crippen LogP contribution in [0.4, 0.5) is 10.1 Å². The smallest absolute Gasteiger partial charge is 0.174 e. The first-order chi connectivity index (χ1) is 10.2. The molecule has 0 saturated heterocycles. The quantitative estimate of drug-likeness (QED) is 0.815. The largest absolute Gasteiger partial charge is 0.342 e. The lowest BCUT2D eigenvalue weighted by atomic mass is 9.98. The summed E-state index contributed by atoms with van der Waals surface area (Å²) < 4.78 is 13.7. The Hall–Kier alpha value is -1.46. The van der Waals surface area contributed by atoms with Crippen LogP contribution in [0.15, 0.2) is 35.7 Å². The molecule has 1 N–H and O–H groups in total. The van der Waals surface area contributed by atoms with E-state index in [4.69, 9.17) is 12.2 Å². The topological polar surface area (TPSA) is 15.3 Å². The average molecular weight is 320 g/mol. The van der Waals surface area contributed by atoms with Crippen molar-refractivity contribution in [1.82, 2.24) is 4.90 Å². The fraction of sp³-hybridized carbons (Fsp3) is 0.312. The molecule has 0 aliphatic carbocycles. The van der Waals surface area contributed by atoms with Crippen LogP contribution in [-0.2, 0) is 6.42 Å². The maximum Gasteiger partial charge on any atom is 0.174 e. The van der Waals surface area contributed by atoms with Crippen molar-refractivity contribution in [3.05, 3.63) is 52.0 Å². The van der Waals surface area contributed by atoms with Gasteiger partial charge in [0.05, 0.1) is 11.7 Å². The maximum atomic E-state index is 13.7. The lowest BCUT2D eigenvalue weighted by Gasteiger charge is -2.37. The Bertz CT molecular complexity index is 653. The van der Waals surface area contributed by atoms with Gasteiger partial charge in [-0.25, -0.2) is 4.39 Å². The fourth-order valence-electron chi connectivity index (χ4n) is 2.83. The molecule has 110 valence electrons. The summed E-state index contributed by atoms with van der Waals surface area (Å²) in [6.07, 6.45) is 1.99. The number of thiocarbonyl (C=S) groups is 1. The van der Waals surface area contributed by atoms with E-state index in [-0.39, 0.29) is 11.9 Å². The normalized spacial score (nSPS) is 17.4. The Morgan fingerprint density at radius 1 is 1.43 bits per heavy atom. The average Bonchev–Trinajstić information content (AvgIpc) is 2.97. The molecule has 1 aromatic carbocycles. The van der Waals surface area contributed by atoms with Crippen LogP contribution in [0.5, 0.6) is 0 Å². The van der Waals surface area contributed by atoms with Gasteiger partial charge in [-0.2, -0.15) is 0 Å². The molecule has 5 heteroatoms. The SMILES string of the molecule is CC[C@H]1c2ccsc2CCN1C(=S)Nc1ccccc1F. The molecule has 0 spiro atoms. The van der Waals surface area contributed by atoms with Gasteiger partial charge in [0.15, 0.2) is 5.11 Å². The van der Waals surface area contributed by atoms with E-state index >= 15 is 0 Å². The Kier molecular flexibility index (Phi) is 4.22. The molecule has 3 rings (SSSR count). The third-order valence-corrected chi connectivity index (χ3v) is 5.19. The standard InChI is InChI=1S/C16H17FN2S2/c1-2-14-11-8-10-21-15(11)7-9-19(14)16(20)18-13-6-4-3-5-12(13)17/h3-6,8,10,14H,2,7,9H2,1H3,(H,18,20)/t14-/m0/s1. The first-order valence-corrected chi connectivity index (χ1v) is 8.38. The maximum absolute atomic E-state index is 13.7. The number of thiophene rings is 1. The summed E-state index contributed by atoms with van der Waals surface area (Å²) in [6, 6.07) is 9.10. The molecule has 0 bridgehead atoms. The number of nitrogens with zero attached hydrogens (tertiary/aromatic N) is 1.